The summed E-state index contributed by atoms with van der Waals surface area (Å²) in [6, 6.07) is 13.2. The van der Waals surface area contributed by atoms with E-state index in [-0.39, 0.29) is 5.91 Å². The van der Waals surface area contributed by atoms with Gasteiger partial charge in [-0.05, 0) is 30.2 Å². The third kappa shape index (κ3) is 4.91. The molecule has 1 aromatic carbocycles. The average molecular weight is 284 g/mol. The van der Waals surface area contributed by atoms with Crippen molar-refractivity contribution in [3.05, 3.63) is 59.9 Å². The Hall–Kier alpha value is -2.36. The van der Waals surface area contributed by atoms with Crippen LogP contribution in [0.15, 0.2) is 48.7 Å². The number of amides is 1. The van der Waals surface area contributed by atoms with Gasteiger partial charge in [0.15, 0.2) is 0 Å². The van der Waals surface area contributed by atoms with Gasteiger partial charge in [-0.1, -0.05) is 32.0 Å². The van der Waals surface area contributed by atoms with E-state index in [2.05, 4.69) is 24.1 Å². The molecular weight excluding hydrogens is 264 g/mol. The number of hydrogen-bond acceptors (Lipinski definition) is 3. The van der Waals surface area contributed by atoms with E-state index in [1.54, 1.807) is 12.3 Å². The molecule has 0 aliphatic heterocycles. The van der Waals surface area contributed by atoms with Crippen molar-refractivity contribution in [2.45, 2.75) is 20.5 Å². The highest BCUT2D eigenvalue weighted by Crippen LogP contribution is 2.11. The van der Waals surface area contributed by atoms with E-state index < -0.39 is 0 Å². The standard InChI is InChI=1S/C17H20N2O2/c1-13(2)10-19-17(20)14-8-9-15(18-11-14)12-21-16-6-4-3-5-7-16/h3-9,11,13H,10,12H2,1-2H3,(H,19,20). The van der Waals surface area contributed by atoms with Gasteiger partial charge in [0.1, 0.15) is 12.4 Å². The summed E-state index contributed by atoms with van der Waals surface area (Å²) < 4.78 is 5.61. The minimum Gasteiger partial charge on any atom is -0.487 e. The lowest BCUT2D eigenvalue weighted by atomic mass is 10.2. The van der Waals surface area contributed by atoms with Crippen molar-refractivity contribution in [1.82, 2.24) is 10.3 Å². The molecule has 1 N–H and O–H groups in total. The van der Waals surface area contributed by atoms with Crippen molar-refractivity contribution in [1.29, 1.82) is 0 Å². The van der Waals surface area contributed by atoms with E-state index in [1.165, 1.54) is 0 Å². The van der Waals surface area contributed by atoms with Crippen LogP contribution in [-0.2, 0) is 6.61 Å². The molecule has 2 aromatic rings. The van der Waals surface area contributed by atoms with Crippen LogP contribution in [0, 0.1) is 5.92 Å². The Morgan fingerprint density at radius 1 is 1.19 bits per heavy atom. The molecule has 1 amide bonds. The molecule has 0 aliphatic carbocycles. The highest BCUT2D eigenvalue weighted by molar-refractivity contribution is 5.93. The number of rotatable bonds is 6. The van der Waals surface area contributed by atoms with Crippen LogP contribution in [0.1, 0.15) is 29.9 Å². The summed E-state index contributed by atoms with van der Waals surface area (Å²) in [5.41, 5.74) is 1.36. The van der Waals surface area contributed by atoms with Gasteiger partial charge >= 0.3 is 0 Å². The number of carbonyl (C=O) groups excluding carboxylic acids is 1. The third-order valence-electron chi connectivity index (χ3n) is 2.89. The smallest absolute Gasteiger partial charge is 0.252 e. The Morgan fingerprint density at radius 3 is 2.57 bits per heavy atom. The Labute approximate surface area is 125 Å². The highest BCUT2D eigenvalue weighted by Gasteiger charge is 2.06. The van der Waals surface area contributed by atoms with E-state index >= 15 is 0 Å². The van der Waals surface area contributed by atoms with E-state index in [9.17, 15) is 4.79 Å². The topological polar surface area (TPSA) is 51.2 Å². The summed E-state index contributed by atoms with van der Waals surface area (Å²) in [6.07, 6.45) is 1.58. The molecule has 0 bridgehead atoms. The van der Waals surface area contributed by atoms with Crippen LogP contribution >= 0.6 is 0 Å². The minimum atomic E-state index is -0.0910. The zero-order valence-electron chi connectivity index (χ0n) is 12.4. The molecule has 0 aliphatic rings. The molecule has 110 valence electrons. The third-order valence-corrected chi connectivity index (χ3v) is 2.89. The van der Waals surface area contributed by atoms with Crippen LogP contribution < -0.4 is 10.1 Å². The molecule has 1 heterocycles. The Bertz CT molecular complexity index is 565. The van der Waals surface area contributed by atoms with Gasteiger partial charge in [0.25, 0.3) is 5.91 Å². The fourth-order valence-corrected chi connectivity index (χ4v) is 1.72. The monoisotopic (exact) mass is 284 g/mol. The van der Waals surface area contributed by atoms with Crippen molar-refractivity contribution in [3.8, 4) is 5.75 Å². The molecular formula is C17H20N2O2. The van der Waals surface area contributed by atoms with E-state index in [4.69, 9.17) is 4.74 Å². The lowest BCUT2D eigenvalue weighted by Crippen LogP contribution is -2.27. The van der Waals surface area contributed by atoms with Gasteiger partial charge in [-0.15, -0.1) is 0 Å². The van der Waals surface area contributed by atoms with Crippen LogP contribution in [0.3, 0.4) is 0 Å². The predicted molar refractivity (Wildman–Crippen MR) is 82.2 cm³/mol. The van der Waals surface area contributed by atoms with Crippen LogP contribution in [0.2, 0.25) is 0 Å². The number of pyridine rings is 1. The van der Waals surface area contributed by atoms with Crippen LogP contribution in [0.4, 0.5) is 0 Å². The van der Waals surface area contributed by atoms with Gasteiger partial charge in [-0.3, -0.25) is 9.78 Å². The quantitative estimate of drug-likeness (QED) is 0.887. The Kier molecular flexibility index (Phi) is 5.32. The molecule has 4 nitrogen and oxygen atoms in total. The van der Waals surface area contributed by atoms with Crippen LogP contribution in [-0.4, -0.2) is 17.4 Å². The maximum Gasteiger partial charge on any atom is 0.252 e. The number of carbonyl (C=O) groups is 1. The lowest BCUT2D eigenvalue weighted by Gasteiger charge is -2.08. The lowest BCUT2D eigenvalue weighted by molar-refractivity contribution is 0.0948. The second-order valence-corrected chi connectivity index (χ2v) is 5.24. The van der Waals surface area contributed by atoms with Crippen molar-refractivity contribution in [2.75, 3.05) is 6.54 Å². The zero-order valence-corrected chi connectivity index (χ0v) is 12.4. The number of ether oxygens (including phenoxy) is 1. The van der Waals surface area contributed by atoms with Gasteiger partial charge < -0.3 is 10.1 Å². The first-order chi connectivity index (χ1) is 10.1. The molecule has 1 aromatic heterocycles. The molecule has 0 fully saturated rings. The summed E-state index contributed by atoms with van der Waals surface area (Å²) >= 11 is 0. The molecule has 0 radical (unpaired) electrons. The fraction of sp³-hybridized carbons (Fsp3) is 0.294. The predicted octanol–water partition coefficient (Wildman–Crippen LogP) is 3.05. The van der Waals surface area contributed by atoms with Crippen molar-refractivity contribution in [2.24, 2.45) is 5.92 Å². The van der Waals surface area contributed by atoms with Gasteiger partial charge in [0.05, 0.1) is 11.3 Å². The van der Waals surface area contributed by atoms with Crippen molar-refractivity contribution in [3.63, 3.8) is 0 Å². The van der Waals surface area contributed by atoms with Crippen molar-refractivity contribution < 1.29 is 9.53 Å². The largest absolute Gasteiger partial charge is 0.487 e. The Balaban J connectivity index is 1.88. The normalized spacial score (nSPS) is 10.4. The number of benzene rings is 1. The number of nitrogens with one attached hydrogen (secondary N) is 1. The molecule has 0 spiro atoms. The Morgan fingerprint density at radius 2 is 1.95 bits per heavy atom. The first-order valence-electron chi connectivity index (χ1n) is 7.06. The maximum atomic E-state index is 11.9. The first-order valence-corrected chi connectivity index (χ1v) is 7.06. The first kappa shape index (κ1) is 15.0. The molecule has 0 unspecified atom stereocenters. The van der Waals surface area contributed by atoms with Gasteiger partial charge in [0.2, 0.25) is 0 Å². The van der Waals surface area contributed by atoms with Gasteiger partial charge in [-0.25, -0.2) is 0 Å². The molecule has 0 saturated heterocycles. The number of hydrogen-bond donors (Lipinski definition) is 1. The van der Waals surface area contributed by atoms with Crippen LogP contribution in [0.5, 0.6) is 5.75 Å². The number of para-hydroxylation sites is 1. The molecule has 4 heteroatoms. The van der Waals surface area contributed by atoms with Gasteiger partial charge in [-0.2, -0.15) is 0 Å². The minimum absolute atomic E-state index is 0.0910. The summed E-state index contributed by atoms with van der Waals surface area (Å²) in [5.74, 6) is 1.14. The summed E-state index contributed by atoms with van der Waals surface area (Å²) in [6.45, 7) is 5.17. The molecule has 2 rings (SSSR count). The highest BCUT2D eigenvalue weighted by atomic mass is 16.5. The summed E-state index contributed by atoms with van der Waals surface area (Å²) in [4.78, 5) is 16.1. The fourth-order valence-electron chi connectivity index (χ4n) is 1.72. The second kappa shape index (κ2) is 7.43. The number of nitrogens with zero attached hydrogens (tertiary/aromatic N) is 1. The van der Waals surface area contributed by atoms with E-state index in [0.717, 1.165) is 11.4 Å². The molecule has 0 atom stereocenters. The van der Waals surface area contributed by atoms with E-state index in [0.29, 0.717) is 24.6 Å². The average Bonchev–Trinajstić information content (AvgIpc) is 2.52. The summed E-state index contributed by atoms with van der Waals surface area (Å²) in [5, 5.41) is 2.87. The van der Waals surface area contributed by atoms with E-state index in [1.807, 2.05) is 36.4 Å². The number of aromatic nitrogens is 1. The zero-order chi connectivity index (χ0) is 15.1. The summed E-state index contributed by atoms with van der Waals surface area (Å²) in [7, 11) is 0. The SMILES string of the molecule is CC(C)CNC(=O)c1ccc(COc2ccccc2)nc1. The molecule has 21 heavy (non-hydrogen) atoms. The maximum absolute atomic E-state index is 11.9. The second-order valence-electron chi connectivity index (χ2n) is 5.24. The van der Waals surface area contributed by atoms with Crippen molar-refractivity contribution >= 4 is 5.91 Å². The van der Waals surface area contributed by atoms with Gasteiger partial charge in [0, 0.05) is 12.7 Å². The molecule has 0 saturated carbocycles. The van der Waals surface area contributed by atoms with Crippen LogP contribution in [0.25, 0.3) is 0 Å².